The number of methoxy groups -OCH3 is 1. The highest BCUT2D eigenvalue weighted by molar-refractivity contribution is 5.42. The summed E-state index contributed by atoms with van der Waals surface area (Å²) in [6.07, 6.45) is 0. The van der Waals surface area contributed by atoms with Gasteiger partial charge in [0.05, 0.1) is 18.7 Å². The Morgan fingerprint density at radius 3 is 2.84 bits per heavy atom. The summed E-state index contributed by atoms with van der Waals surface area (Å²) >= 11 is 0. The van der Waals surface area contributed by atoms with E-state index in [1.54, 1.807) is 19.2 Å². The summed E-state index contributed by atoms with van der Waals surface area (Å²) in [5.74, 6) is 2.25. The van der Waals surface area contributed by atoms with Gasteiger partial charge in [-0.05, 0) is 35.7 Å². The van der Waals surface area contributed by atoms with E-state index in [0.717, 1.165) is 43.4 Å². The van der Waals surface area contributed by atoms with E-state index in [4.69, 9.17) is 14.7 Å². The summed E-state index contributed by atoms with van der Waals surface area (Å²) in [7, 11) is 1.60. The summed E-state index contributed by atoms with van der Waals surface area (Å²) in [6.45, 7) is 4.51. The number of nitrogens with one attached hydrogen (secondary N) is 2. The van der Waals surface area contributed by atoms with Crippen molar-refractivity contribution in [3.05, 3.63) is 59.2 Å². The SMILES string of the molecule is COc1cc(C#N)ccc1COc1cccc(CNCC2CNC2)c1. The molecule has 1 aliphatic rings. The Morgan fingerprint density at radius 1 is 1.24 bits per heavy atom. The predicted molar refractivity (Wildman–Crippen MR) is 96.5 cm³/mol. The monoisotopic (exact) mass is 337 g/mol. The molecule has 1 heterocycles. The minimum atomic E-state index is 0.402. The van der Waals surface area contributed by atoms with E-state index >= 15 is 0 Å². The lowest BCUT2D eigenvalue weighted by atomic mass is 10.0. The molecular weight excluding hydrogens is 314 g/mol. The Hall–Kier alpha value is -2.55. The van der Waals surface area contributed by atoms with Crippen LogP contribution in [0.2, 0.25) is 0 Å². The molecule has 0 spiro atoms. The minimum Gasteiger partial charge on any atom is -0.496 e. The summed E-state index contributed by atoms with van der Waals surface area (Å²) in [5.41, 5.74) is 2.70. The van der Waals surface area contributed by atoms with Crippen molar-refractivity contribution in [2.24, 2.45) is 5.92 Å². The topological polar surface area (TPSA) is 66.3 Å². The first-order valence-electron chi connectivity index (χ1n) is 8.48. The van der Waals surface area contributed by atoms with E-state index in [1.807, 2.05) is 18.2 Å². The van der Waals surface area contributed by atoms with Gasteiger partial charge >= 0.3 is 0 Å². The molecular formula is C20H23N3O2. The zero-order chi connectivity index (χ0) is 17.5. The van der Waals surface area contributed by atoms with Crippen LogP contribution in [0.15, 0.2) is 42.5 Å². The summed E-state index contributed by atoms with van der Waals surface area (Å²) in [6, 6.07) is 15.6. The summed E-state index contributed by atoms with van der Waals surface area (Å²) < 4.78 is 11.3. The number of nitrogens with zero attached hydrogens (tertiary/aromatic N) is 1. The normalized spacial score (nSPS) is 13.8. The number of benzene rings is 2. The Kier molecular flexibility index (Phi) is 5.89. The summed E-state index contributed by atoms with van der Waals surface area (Å²) in [5, 5.41) is 15.7. The second kappa shape index (κ2) is 8.52. The van der Waals surface area contributed by atoms with Crippen molar-refractivity contribution in [2.45, 2.75) is 13.2 Å². The van der Waals surface area contributed by atoms with E-state index in [2.05, 4.69) is 28.8 Å². The van der Waals surface area contributed by atoms with Crippen LogP contribution in [0.25, 0.3) is 0 Å². The van der Waals surface area contributed by atoms with E-state index in [-0.39, 0.29) is 0 Å². The van der Waals surface area contributed by atoms with Gasteiger partial charge in [0, 0.05) is 31.7 Å². The first kappa shape index (κ1) is 17.3. The molecule has 0 aliphatic carbocycles. The van der Waals surface area contributed by atoms with Crippen LogP contribution in [0.1, 0.15) is 16.7 Å². The molecule has 1 saturated heterocycles. The third-order valence-electron chi connectivity index (χ3n) is 4.34. The second-order valence-corrected chi connectivity index (χ2v) is 6.23. The lowest BCUT2D eigenvalue weighted by Gasteiger charge is -2.27. The van der Waals surface area contributed by atoms with Crippen LogP contribution in [-0.4, -0.2) is 26.7 Å². The molecule has 1 aliphatic heterocycles. The van der Waals surface area contributed by atoms with E-state index in [1.165, 1.54) is 5.56 Å². The smallest absolute Gasteiger partial charge is 0.126 e. The molecule has 0 bridgehead atoms. The van der Waals surface area contributed by atoms with Crippen molar-refractivity contribution in [1.29, 1.82) is 5.26 Å². The Morgan fingerprint density at radius 2 is 2.12 bits per heavy atom. The van der Waals surface area contributed by atoms with Gasteiger partial charge in [-0.2, -0.15) is 5.26 Å². The fraction of sp³-hybridized carbons (Fsp3) is 0.350. The van der Waals surface area contributed by atoms with Crippen molar-refractivity contribution < 1.29 is 9.47 Å². The highest BCUT2D eigenvalue weighted by Crippen LogP contribution is 2.22. The van der Waals surface area contributed by atoms with Crippen molar-refractivity contribution >= 4 is 0 Å². The number of hydrogen-bond acceptors (Lipinski definition) is 5. The molecule has 25 heavy (non-hydrogen) atoms. The van der Waals surface area contributed by atoms with Gasteiger partial charge in [0.25, 0.3) is 0 Å². The van der Waals surface area contributed by atoms with E-state index in [0.29, 0.717) is 17.9 Å². The maximum absolute atomic E-state index is 8.97. The maximum atomic E-state index is 8.97. The van der Waals surface area contributed by atoms with Crippen molar-refractivity contribution in [3.63, 3.8) is 0 Å². The molecule has 0 amide bonds. The van der Waals surface area contributed by atoms with Crippen molar-refractivity contribution in [1.82, 2.24) is 10.6 Å². The highest BCUT2D eigenvalue weighted by atomic mass is 16.5. The highest BCUT2D eigenvalue weighted by Gasteiger charge is 2.15. The average molecular weight is 337 g/mol. The fourth-order valence-electron chi connectivity index (χ4n) is 2.75. The molecule has 0 aromatic heterocycles. The molecule has 3 rings (SSSR count). The lowest BCUT2D eigenvalue weighted by Crippen LogP contribution is -2.47. The minimum absolute atomic E-state index is 0.402. The zero-order valence-corrected chi connectivity index (χ0v) is 14.4. The van der Waals surface area contributed by atoms with Gasteiger partial charge in [0.1, 0.15) is 18.1 Å². The van der Waals surface area contributed by atoms with Gasteiger partial charge < -0.3 is 20.1 Å². The number of nitriles is 1. The third-order valence-corrected chi connectivity index (χ3v) is 4.34. The predicted octanol–water partition coefficient (Wildman–Crippen LogP) is 2.45. The Balaban J connectivity index is 1.56. The molecule has 0 saturated carbocycles. The van der Waals surface area contributed by atoms with Gasteiger partial charge in [-0.3, -0.25) is 0 Å². The number of rotatable bonds is 8. The molecule has 2 N–H and O–H groups in total. The van der Waals surface area contributed by atoms with Crippen LogP contribution in [-0.2, 0) is 13.2 Å². The molecule has 2 aromatic carbocycles. The number of ether oxygens (including phenoxy) is 2. The quantitative estimate of drug-likeness (QED) is 0.774. The maximum Gasteiger partial charge on any atom is 0.126 e. The summed E-state index contributed by atoms with van der Waals surface area (Å²) in [4.78, 5) is 0. The molecule has 0 unspecified atom stereocenters. The first-order valence-corrected chi connectivity index (χ1v) is 8.48. The van der Waals surface area contributed by atoms with Gasteiger partial charge in [0.2, 0.25) is 0 Å². The van der Waals surface area contributed by atoms with E-state index < -0.39 is 0 Å². The Labute approximate surface area is 148 Å². The Bertz CT molecular complexity index is 751. The van der Waals surface area contributed by atoms with Gasteiger partial charge in [-0.25, -0.2) is 0 Å². The van der Waals surface area contributed by atoms with Crippen LogP contribution in [0.3, 0.4) is 0 Å². The average Bonchev–Trinajstić information content (AvgIpc) is 2.62. The standard InChI is InChI=1S/C20H23N3O2/c1-24-20-8-15(9-21)5-6-18(20)14-25-19-4-2-3-16(7-19)10-22-11-17-12-23-13-17/h2-8,17,22-23H,10-14H2,1H3. The second-order valence-electron chi connectivity index (χ2n) is 6.23. The van der Waals surface area contributed by atoms with Crippen LogP contribution < -0.4 is 20.1 Å². The van der Waals surface area contributed by atoms with Crippen LogP contribution >= 0.6 is 0 Å². The van der Waals surface area contributed by atoms with Crippen molar-refractivity contribution in [3.8, 4) is 17.6 Å². The molecule has 5 nitrogen and oxygen atoms in total. The molecule has 130 valence electrons. The molecule has 2 aromatic rings. The molecule has 0 atom stereocenters. The lowest BCUT2D eigenvalue weighted by molar-refractivity contribution is 0.296. The molecule has 1 fully saturated rings. The van der Waals surface area contributed by atoms with Crippen molar-refractivity contribution in [2.75, 3.05) is 26.7 Å². The van der Waals surface area contributed by atoms with Crippen LogP contribution in [0.4, 0.5) is 0 Å². The van der Waals surface area contributed by atoms with Gasteiger partial charge in [-0.15, -0.1) is 0 Å². The van der Waals surface area contributed by atoms with E-state index in [9.17, 15) is 0 Å². The van der Waals surface area contributed by atoms with Crippen LogP contribution in [0.5, 0.6) is 11.5 Å². The molecule has 5 heteroatoms. The first-order chi connectivity index (χ1) is 12.3. The fourth-order valence-corrected chi connectivity index (χ4v) is 2.75. The third kappa shape index (κ3) is 4.72. The van der Waals surface area contributed by atoms with Crippen LogP contribution in [0, 0.1) is 17.2 Å². The van der Waals surface area contributed by atoms with Gasteiger partial charge in [-0.1, -0.05) is 18.2 Å². The largest absolute Gasteiger partial charge is 0.496 e. The number of hydrogen-bond donors (Lipinski definition) is 2. The van der Waals surface area contributed by atoms with Gasteiger partial charge in [0.15, 0.2) is 0 Å². The zero-order valence-electron chi connectivity index (χ0n) is 14.4. The molecule has 0 radical (unpaired) electrons.